The van der Waals surface area contributed by atoms with Gasteiger partial charge in [0.2, 0.25) is 5.88 Å². The molecule has 1 rings (SSSR count). The van der Waals surface area contributed by atoms with Gasteiger partial charge in [0.15, 0.2) is 0 Å². The Labute approximate surface area is 86.5 Å². The highest BCUT2D eigenvalue weighted by molar-refractivity contribution is 5.69. The van der Waals surface area contributed by atoms with E-state index < -0.39 is 11.7 Å². The van der Waals surface area contributed by atoms with Gasteiger partial charge in [-0.25, -0.2) is 4.79 Å². The minimum atomic E-state index is -0.539. The molecule has 6 heteroatoms. The average Bonchev–Trinajstić information content (AvgIpc) is 2.21. The number of rotatable bonds is 4. The first kappa shape index (κ1) is 11.2. The number of hydrogen-bond acceptors (Lipinski definition) is 5. The highest BCUT2D eigenvalue weighted by Gasteiger charge is 2.06. The fourth-order valence-corrected chi connectivity index (χ4v) is 0.993. The molecular formula is C9H12N2O4. The minimum Gasteiger partial charge on any atom is -0.481 e. The van der Waals surface area contributed by atoms with Crippen molar-refractivity contribution in [3.63, 3.8) is 0 Å². The lowest BCUT2D eigenvalue weighted by Gasteiger charge is -2.04. The molecule has 0 spiro atoms. The third kappa shape index (κ3) is 3.08. The van der Waals surface area contributed by atoms with Gasteiger partial charge in [0.25, 0.3) is 0 Å². The summed E-state index contributed by atoms with van der Waals surface area (Å²) in [6, 6.07) is 1.50. The van der Waals surface area contributed by atoms with E-state index in [1.165, 1.54) is 19.4 Å². The molecule has 1 heterocycles. The van der Waals surface area contributed by atoms with Crippen molar-refractivity contribution in [2.45, 2.75) is 13.5 Å². The van der Waals surface area contributed by atoms with E-state index >= 15 is 0 Å². The first-order chi connectivity index (χ1) is 7.17. The molecule has 0 atom stereocenters. The molecule has 0 aromatic carbocycles. The van der Waals surface area contributed by atoms with Crippen LogP contribution in [0.2, 0.25) is 0 Å². The van der Waals surface area contributed by atoms with Crippen LogP contribution in [0.15, 0.2) is 17.1 Å². The summed E-state index contributed by atoms with van der Waals surface area (Å²) in [5, 5.41) is 0. The molecule has 82 valence electrons. The maximum atomic E-state index is 11.3. The van der Waals surface area contributed by atoms with Gasteiger partial charge in [0.05, 0.1) is 13.7 Å². The van der Waals surface area contributed by atoms with Crippen molar-refractivity contribution >= 4 is 5.97 Å². The lowest BCUT2D eigenvalue weighted by atomic mass is 10.5. The van der Waals surface area contributed by atoms with Crippen LogP contribution in [-0.4, -0.2) is 29.2 Å². The average molecular weight is 212 g/mol. The molecule has 0 fully saturated rings. The summed E-state index contributed by atoms with van der Waals surface area (Å²) in [5.41, 5.74) is -0.539. The SMILES string of the molecule is CCOC(=O)Cn1ccc(OC)nc1=O. The summed E-state index contributed by atoms with van der Waals surface area (Å²) in [6.07, 6.45) is 1.44. The van der Waals surface area contributed by atoms with E-state index in [0.29, 0.717) is 0 Å². The van der Waals surface area contributed by atoms with E-state index in [9.17, 15) is 9.59 Å². The number of hydrogen-bond donors (Lipinski definition) is 0. The fourth-order valence-electron chi connectivity index (χ4n) is 0.993. The third-order valence-corrected chi connectivity index (χ3v) is 1.66. The Hall–Kier alpha value is -1.85. The Balaban J connectivity index is 2.78. The minimum absolute atomic E-state index is 0.135. The second kappa shape index (κ2) is 5.14. The van der Waals surface area contributed by atoms with E-state index in [-0.39, 0.29) is 19.0 Å². The summed E-state index contributed by atoms with van der Waals surface area (Å²) >= 11 is 0. The number of carbonyl (C=O) groups is 1. The third-order valence-electron chi connectivity index (χ3n) is 1.66. The molecule has 15 heavy (non-hydrogen) atoms. The number of nitrogens with zero attached hydrogens (tertiary/aromatic N) is 2. The largest absolute Gasteiger partial charge is 0.481 e. The Morgan fingerprint density at radius 3 is 2.87 bits per heavy atom. The molecule has 0 bridgehead atoms. The summed E-state index contributed by atoms with van der Waals surface area (Å²) < 4.78 is 10.6. The standard InChI is InChI=1S/C9H12N2O4/c1-3-15-8(12)6-11-5-4-7(14-2)10-9(11)13/h4-5H,3,6H2,1-2H3. The molecule has 0 saturated heterocycles. The number of ether oxygens (including phenoxy) is 2. The Morgan fingerprint density at radius 1 is 1.60 bits per heavy atom. The van der Waals surface area contributed by atoms with Crippen molar-refractivity contribution in [3.8, 4) is 5.88 Å². The van der Waals surface area contributed by atoms with Gasteiger partial charge in [-0.15, -0.1) is 0 Å². The lowest BCUT2D eigenvalue weighted by molar-refractivity contribution is -0.143. The van der Waals surface area contributed by atoms with Crippen molar-refractivity contribution < 1.29 is 14.3 Å². The second-order valence-corrected chi connectivity index (χ2v) is 2.69. The molecule has 0 N–H and O–H groups in total. The van der Waals surface area contributed by atoms with Crippen LogP contribution in [0.1, 0.15) is 6.92 Å². The molecule has 0 radical (unpaired) electrons. The summed E-state index contributed by atoms with van der Waals surface area (Å²) in [5.74, 6) is -0.244. The van der Waals surface area contributed by atoms with Crippen molar-refractivity contribution in [3.05, 3.63) is 22.7 Å². The summed E-state index contributed by atoms with van der Waals surface area (Å²) in [6.45, 7) is 1.85. The molecule has 0 aliphatic rings. The van der Waals surface area contributed by atoms with Gasteiger partial charge in [-0.3, -0.25) is 9.36 Å². The quantitative estimate of drug-likeness (QED) is 0.647. The van der Waals surface area contributed by atoms with Crippen LogP contribution in [0, 0.1) is 0 Å². The van der Waals surface area contributed by atoms with Crippen molar-refractivity contribution in [2.24, 2.45) is 0 Å². The molecule has 6 nitrogen and oxygen atoms in total. The summed E-state index contributed by atoms with van der Waals surface area (Å²) in [7, 11) is 1.41. The van der Waals surface area contributed by atoms with Gasteiger partial charge >= 0.3 is 11.7 Å². The first-order valence-corrected chi connectivity index (χ1v) is 4.44. The maximum absolute atomic E-state index is 11.3. The second-order valence-electron chi connectivity index (χ2n) is 2.69. The zero-order chi connectivity index (χ0) is 11.3. The highest BCUT2D eigenvalue weighted by atomic mass is 16.5. The molecule has 1 aromatic rings. The van der Waals surface area contributed by atoms with Crippen LogP contribution in [-0.2, 0) is 16.1 Å². The number of carbonyl (C=O) groups excluding carboxylic acids is 1. The topological polar surface area (TPSA) is 70.4 Å². The smallest absolute Gasteiger partial charge is 0.351 e. The number of esters is 1. The van der Waals surface area contributed by atoms with Gasteiger partial charge in [-0.1, -0.05) is 0 Å². The van der Waals surface area contributed by atoms with Crippen LogP contribution >= 0.6 is 0 Å². The van der Waals surface area contributed by atoms with Crippen LogP contribution in [0.4, 0.5) is 0 Å². The fraction of sp³-hybridized carbons (Fsp3) is 0.444. The van der Waals surface area contributed by atoms with E-state index in [1.807, 2.05) is 0 Å². The normalized spacial score (nSPS) is 9.73. The van der Waals surface area contributed by atoms with Crippen molar-refractivity contribution in [1.82, 2.24) is 9.55 Å². The van der Waals surface area contributed by atoms with Crippen LogP contribution in [0.3, 0.4) is 0 Å². The molecule has 0 unspecified atom stereocenters. The molecule has 0 aliphatic heterocycles. The Bertz CT molecular complexity index is 399. The van der Waals surface area contributed by atoms with Gasteiger partial charge in [0.1, 0.15) is 6.54 Å². The van der Waals surface area contributed by atoms with Gasteiger partial charge in [0, 0.05) is 12.3 Å². The van der Waals surface area contributed by atoms with Crippen LogP contribution < -0.4 is 10.4 Å². The lowest BCUT2D eigenvalue weighted by Crippen LogP contribution is -2.26. The zero-order valence-corrected chi connectivity index (χ0v) is 8.60. The van der Waals surface area contributed by atoms with Crippen molar-refractivity contribution in [1.29, 1.82) is 0 Å². The van der Waals surface area contributed by atoms with Crippen LogP contribution in [0.25, 0.3) is 0 Å². The number of methoxy groups -OCH3 is 1. The van der Waals surface area contributed by atoms with E-state index in [0.717, 1.165) is 4.57 Å². The first-order valence-electron chi connectivity index (χ1n) is 4.44. The van der Waals surface area contributed by atoms with Gasteiger partial charge in [-0.2, -0.15) is 4.98 Å². The van der Waals surface area contributed by atoms with E-state index in [4.69, 9.17) is 9.47 Å². The molecule has 0 saturated carbocycles. The van der Waals surface area contributed by atoms with E-state index in [2.05, 4.69) is 4.98 Å². The van der Waals surface area contributed by atoms with Gasteiger partial charge < -0.3 is 9.47 Å². The number of aromatic nitrogens is 2. The molecule has 0 amide bonds. The molecule has 0 aliphatic carbocycles. The van der Waals surface area contributed by atoms with E-state index in [1.54, 1.807) is 6.92 Å². The molecule has 1 aromatic heterocycles. The van der Waals surface area contributed by atoms with Crippen molar-refractivity contribution in [2.75, 3.05) is 13.7 Å². The predicted molar refractivity (Wildman–Crippen MR) is 51.7 cm³/mol. The Morgan fingerprint density at radius 2 is 2.33 bits per heavy atom. The van der Waals surface area contributed by atoms with Crippen LogP contribution in [0.5, 0.6) is 5.88 Å². The predicted octanol–water partition coefficient (Wildman–Crippen LogP) is -0.185. The Kier molecular flexibility index (Phi) is 3.84. The van der Waals surface area contributed by atoms with Gasteiger partial charge in [-0.05, 0) is 6.92 Å². The maximum Gasteiger partial charge on any atom is 0.351 e. The monoisotopic (exact) mass is 212 g/mol. The summed E-state index contributed by atoms with van der Waals surface area (Å²) in [4.78, 5) is 26.0. The molecular weight excluding hydrogens is 200 g/mol. The highest BCUT2D eigenvalue weighted by Crippen LogP contribution is 1.98. The zero-order valence-electron chi connectivity index (χ0n) is 8.60.